The molecule has 0 aliphatic carbocycles. The summed E-state index contributed by atoms with van der Waals surface area (Å²) in [5.74, 6) is 0. The van der Waals surface area contributed by atoms with Crippen molar-refractivity contribution in [2.24, 2.45) is 5.73 Å². The molecule has 0 saturated carbocycles. The molecule has 1 aliphatic heterocycles. The normalized spacial score (nSPS) is 21.2. The van der Waals surface area contributed by atoms with Crippen LogP contribution in [0.1, 0.15) is 37.8 Å². The molecule has 1 aromatic rings. The summed E-state index contributed by atoms with van der Waals surface area (Å²) in [6.07, 6.45) is 3.98. The number of rotatable bonds is 4. The van der Waals surface area contributed by atoms with Gasteiger partial charge >= 0.3 is 0 Å². The van der Waals surface area contributed by atoms with Crippen LogP contribution in [-0.4, -0.2) is 26.3 Å². The Hall–Kier alpha value is -0.580. The average molecular weight is 327 g/mol. The zero-order chi connectivity index (χ0) is 13.8. The number of nitrogens with zero attached hydrogens (tertiary/aromatic N) is 1. The number of anilines is 1. The molecule has 0 spiro atoms. The molecule has 106 valence electrons. The van der Waals surface area contributed by atoms with Crippen molar-refractivity contribution in [1.29, 1.82) is 0 Å². The van der Waals surface area contributed by atoms with Gasteiger partial charge < -0.3 is 15.4 Å². The van der Waals surface area contributed by atoms with E-state index in [2.05, 4.69) is 40.0 Å². The Kier molecular flexibility index (Phi) is 5.25. The van der Waals surface area contributed by atoms with Crippen molar-refractivity contribution in [3.8, 4) is 0 Å². The third-order valence-corrected chi connectivity index (χ3v) is 4.14. The van der Waals surface area contributed by atoms with Gasteiger partial charge in [0.15, 0.2) is 0 Å². The van der Waals surface area contributed by atoms with Crippen LogP contribution >= 0.6 is 15.9 Å². The lowest BCUT2D eigenvalue weighted by Crippen LogP contribution is -2.34. The van der Waals surface area contributed by atoms with Crippen molar-refractivity contribution >= 4 is 21.6 Å². The van der Waals surface area contributed by atoms with E-state index < -0.39 is 0 Å². The predicted octanol–water partition coefficient (Wildman–Crippen LogP) is 3.47. The smallest absolute Gasteiger partial charge is 0.0749 e. The first-order chi connectivity index (χ1) is 9.08. The number of hydrogen-bond acceptors (Lipinski definition) is 3. The Morgan fingerprint density at radius 1 is 1.47 bits per heavy atom. The quantitative estimate of drug-likeness (QED) is 0.920. The monoisotopic (exact) mass is 326 g/mol. The fourth-order valence-electron chi connectivity index (χ4n) is 2.59. The number of benzene rings is 1. The second-order valence-electron chi connectivity index (χ2n) is 5.36. The molecular formula is C15H23BrN2O. The summed E-state index contributed by atoms with van der Waals surface area (Å²) in [5, 5.41) is 0. The number of hydrogen-bond donors (Lipinski definition) is 1. The number of nitrogens with two attached hydrogens (primary N) is 1. The van der Waals surface area contributed by atoms with E-state index >= 15 is 0 Å². The van der Waals surface area contributed by atoms with E-state index in [-0.39, 0.29) is 6.04 Å². The zero-order valence-electron chi connectivity index (χ0n) is 11.7. The van der Waals surface area contributed by atoms with Gasteiger partial charge in [-0.3, -0.25) is 0 Å². The molecule has 1 aliphatic rings. The van der Waals surface area contributed by atoms with E-state index in [1.54, 1.807) is 0 Å². The summed E-state index contributed by atoms with van der Waals surface area (Å²) in [6.45, 7) is 3.85. The minimum absolute atomic E-state index is 0.0397. The second kappa shape index (κ2) is 6.73. The summed E-state index contributed by atoms with van der Waals surface area (Å²) in [4.78, 5) is 2.26. The highest BCUT2D eigenvalue weighted by atomic mass is 79.9. The lowest BCUT2D eigenvalue weighted by atomic mass is 10.0. The largest absolute Gasteiger partial charge is 0.376 e. The Balaban J connectivity index is 2.12. The molecule has 19 heavy (non-hydrogen) atoms. The van der Waals surface area contributed by atoms with Gasteiger partial charge in [-0.2, -0.15) is 0 Å². The van der Waals surface area contributed by atoms with Gasteiger partial charge in [-0.15, -0.1) is 0 Å². The van der Waals surface area contributed by atoms with E-state index in [0.29, 0.717) is 6.10 Å². The maximum absolute atomic E-state index is 6.06. The van der Waals surface area contributed by atoms with Crippen molar-refractivity contribution in [2.75, 3.05) is 25.1 Å². The van der Waals surface area contributed by atoms with E-state index in [4.69, 9.17) is 10.5 Å². The van der Waals surface area contributed by atoms with Crippen molar-refractivity contribution in [2.45, 2.75) is 38.3 Å². The minimum Gasteiger partial charge on any atom is -0.376 e. The van der Waals surface area contributed by atoms with Crippen molar-refractivity contribution < 1.29 is 4.74 Å². The van der Waals surface area contributed by atoms with E-state index in [0.717, 1.165) is 24.0 Å². The second-order valence-corrected chi connectivity index (χ2v) is 6.28. The molecule has 1 fully saturated rings. The highest BCUT2D eigenvalue weighted by Crippen LogP contribution is 2.29. The van der Waals surface area contributed by atoms with Crippen LogP contribution < -0.4 is 10.6 Å². The third kappa shape index (κ3) is 3.94. The van der Waals surface area contributed by atoms with Crippen LogP contribution in [0.5, 0.6) is 0 Å². The van der Waals surface area contributed by atoms with E-state index in [1.807, 2.05) is 13.0 Å². The summed E-state index contributed by atoms with van der Waals surface area (Å²) >= 11 is 3.54. The summed E-state index contributed by atoms with van der Waals surface area (Å²) in [6, 6.07) is 6.33. The van der Waals surface area contributed by atoms with Gasteiger partial charge in [0.1, 0.15) is 0 Å². The predicted molar refractivity (Wildman–Crippen MR) is 83.6 cm³/mol. The number of ether oxygens (including phenoxy) is 1. The first kappa shape index (κ1) is 14.8. The molecule has 2 unspecified atom stereocenters. The summed E-state index contributed by atoms with van der Waals surface area (Å²) in [5.41, 5.74) is 8.44. The third-order valence-electron chi connectivity index (χ3n) is 3.65. The Morgan fingerprint density at radius 3 is 2.89 bits per heavy atom. The fraction of sp³-hybridized carbons (Fsp3) is 0.600. The average Bonchev–Trinajstić information content (AvgIpc) is 2.39. The Labute approximate surface area is 124 Å². The van der Waals surface area contributed by atoms with Crippen molar-refractivity contribution in [3.05, 3.63) is 28.2 Å². The van der Waals surface area contributed by atoms with Gasteiger partial charge in [0, 0.05) is 36.4 Å². The van der Waals surface area contributed by atoms with Crippen LogP contribution in [0.2, 0.25) is 0 Å². The summed E-state index contributed by atoms with van der Waals surface area (Å²) in [7, 11) is 2.12. The van der Waals surface area contributed by atoms with Crippen LogP contribution in [0.15, 0.2) is 22.7 Å². The number of halogens is 1. The molecule has 0 amide bonds. The SMILES string of the molecule is CC(N)c1ccc(Br)cc1N(C)CC1CCCCO1. The zero-order valence-corrected chi connectivity index (χ0v) is 13.3. The molecule has 2 N–H and O–H groups in total. The lowest BCUT2D eigenvalue weighted by molar-refractivity contribution is 0.0216. The fourth-order valence-corrected chi connectivity index (χ4v) is 2.94. The molecule has 1 heterocycles. The molecule has 2 atom stereocenters. The molecule has 0 radical (unpaired) electrons. The highest BCUT2D eigenvalue weighted by Gasteiger charge is 2.18. The van der Waals surface area contributed by atoms with Gasteiger partial charge in [-0.25, -0.2) is 0 Å². The minimum atomic E-state index is 0.0397. The van der Waals surface area contributed by atoms with Gasteiger partial charge in [0.05, 0.1) is 6.10 Å². The van der Waals surface area contributed by atoms with Crippen LogP contribution in [0.25, 0.3) is 0 Å². The molecule has 1 aromatic carbocycles. The first-order valence-electron chi connectivity index (χ1n) is 6.95. The van der Waals surface area contributed by atoms with Crippen LogP contribution in [0.4, 0.5) is 5.69 Å². The van der Waals surface area contributed by atoms with E-state index in [9.17, 15) is 0 Å². The lowest BCUT2D eigenvalue weighted by Gasteiger charge is -2.30. The van der Waals surface area contributed by atoms with E-state index in [1.165, 1.54) is 24.1 Å². The van der Waals surface area contributed by atoms with Crippen LogP contribution in [-0.2, 0) is 4.74 Å². The highest BCUT2D eigenvalue weighted by molar-refractivity contribution is 9.10. The molecule has 2 rings (SSSR count). The van der Waals surface area contributed by atoms with Gasteiger partial charge in [0.25, 0.3) is 0 Å². The first-order valence-corrected chi connectivity index (χ1v) is 7.75. The van der Waals surface area contributed by atoms with Gasteiger partial charge in [-0.05, 0) is 43.9 Å². The molecule has 3 nitrogen and oxygen atoms in total. The van der Waals surface area contributed by atoms with Crippen molar-refractivity contribution in [1.82, 2.24) is 0 Å². The standard InChI is InChI=1S/C15H23BrN2O/c1-11(17)14-7-6-12(16)9-15(14)18(2)10-13-5-3-4-8-19-13/h6-7,9,11,13H,3-5,8,10,17H2,1-2H3. The van der Waals surface area contributed by atoms with Crippen LogP contribution in [0.3, 0.4) is 0 Å². The molecular weight excluding hydrogens is 304 g/mol. The van der Waals surface area contributed by atoms with Gasteiger partial charge in [-0.1, -0.05) is 22.0 Å². The van der Waals surface area contributed by atoms with Crippen LogP contribution in [0, 0.1) is 0 Å². The van der Waals surface area contributed by atoms with Crippen molar-refractivity contribution in [3.63, 3.8) is 0 Å². The maximum Gasteiger partial charge on any atom is 0.0749 e. The number of likely N-dealkylation sites (N-methyl/N-ethyl adjacent to an activating group) is 1. The van der Waals surface area contributed by atoms with Gasteiger partial charge in [0.2, 0.25) is 0 Å². The molecule has 0 bridgehead atoms. The molecule has 0 aromatic heterocycles. The molecule has 1 saturated heterocycles. The maximum atomic E-state index is 6.06. The Bertz CT molecular complexity index is 417. The molecule has 4 heteroatoms. The summed E-state index contributed by atoms with van der Waals surface area (Å²) < 4.78 is 6.90. The topological polar surface area (TPSA) is 38.5 Å². The Morgan fingerprint density at radius 2 is 2.26 bits per heavy atom.